The SMILES string of the molecule is O=C(O)C1CCC(N2Cc3cc(Nc4nn(C5CCCCC5C5=NC5)c5cc[nH]c(=O)c45)ccc3S2(=O)=O)CC1. The molecular formula is C28H32N6O5S. The van der Waals surface area contributed by atoms with Crippen molar-refractivity contribution in [2.24, 2.45) is 16.8 Å². The number of hydrogen-bond acceptors (Lipinski definition) is 7. The van der Waals surface area contributed by atoms with E-state index in [1.807, 2.05) is 16.8 Å². The number of sulfonamides is 1. The van der Waals surface area contributed by atoms with Gasteiger partial charge < -0.3 is 15.4 Å². The van der Waals surface area contributed by atoms with Gasteiger partial charge in [0.15, 0.2) is 5.82 Å². The third-order valence-corrected chi connectivity index (χ3v) is 11.1. The van der Waals surface area contributed by atoms with Gasteiger partial charge in [0.2, 0.25) is 10.0 Å². The fraction of sp³-hybridized carbons (Fsp3) is 0.500. The molecule has 2 saturated carbocycles. The van der Waals surface area contributed by atoms with Gasteiger partial charge in [-0.1, -0.05) is 12.8 Å². The number of pyridine rings is 1. The zero-order chi connectivity index (χ0) is 27.6. The first-order valence-corrected chi connectivity index (χ1v) is 15.5. The maximum atomic E-state index is 13.4. The largest absolute Gasteiger partial charge is 0.481 e. The molecule has 3 aromatic rings. The van der Waals surface area contributed by atoms with Crippen molar-refractivity contribution in [1.82, 2.24) is 19.1 Å². The second-order valence-corrected chi connectivity index (χ2v) is 13.3. The third-order valence-electron chi connectivity index (χ3n) is 9.13. The van der Waals surface area contributed by atoms with E-state index < -0.39 is 21.9 Å². The van der Waals surface area contributed by atoms with E-state index in [9.17, 15) is 23.1 Å². The summed E-state index contributed by atoms with van der Waals surface area (Å²) in [6.07, 6.45) is 8.02. The number of carboxylic acids is 1. The molecule has 0 bridgehead atoms. The Labute approximate surface area is 231 Å². The van der Waals surface area contributed by atoms with Gasteiger partial charge in [0.1, 0.15) is 5.39 Å². The number of rotatable bonds is 6. The van der Waals surface area contributed by atoms with Crippen molar-refractivity contribution >= 4 is 44.1 Å². The molecule has 2 atom stereocenters. The van der Waals surface area contributed by atoms with Crippen molar-refractivity contribution in [3.8, 4) is 0 Å². The summed E-state index contributed by atoms with van der Waals surface area (Å²) < 4.78 is 30.3. The molecule has 4 aliphatic rings. The normalized spacial score (nSPS) is 27.8. The molecular weight excluding hydrogens is 532 g/mol. The van der Waals surface area contributed by atoms with Gasteiger partial charge in [-0.15, -0.1) is 0 Å². The zero-order valence-electron chi connectivity index (χ0n) is 22.0. The first-order valence-electron chi connectivity index (χ1n) is 14.1. The van der Waals surface area contributed by atoms with E-state index in [2.05, 4.69) is 15.3 Å². The van der Waals surface area contributed by atoms with Crippen molar-refractivity contribution in [2.75, 3.05) is 11.9 Å². The van der Waals surface area contributed by atoms with Crippen molar-refractivity contribution in [1.29, 1.82) is 0 Å². The summed E-state index contributed by atoms with van der Waals surface area (Å²) in [4.78, 5) is 31.9. The molecule has 2 aliphatic carbocycles. The molecule has 2 aromatic heterocycles. The molecule has 0 amide bonds. The predicted octanol–water partition coefficient (Wildman–Crippen LogP) is 3.80. The Morgan fingerprint density at radius 2 is 1.85 bits per heavy atom. The van der Waals surface area contributed by atoms with Crippen LogP contribution in [0.25, 0.3) is 10.9 Å². The van der Waals surface area contributed by atoms with Crippen molar-refractivity contribution in [2.45, 2.75) is 74.9 Å². The Balaban J connectivity index is 1.18. The van der Waals surface area contributed by atoms with E-state index in [4.69, 9.17) is 5.10 Å². The highest BCUT2D eigenvalue weighted by Crippen LogP contribution is 2.41. The van der Waals surface area contributed by atoms with E-state index in [-0.39, 0.29) is 29.1 Å². The van der Waals surface area contributed by atoms with Crippen LogP contribution in [0.3, 0.4) is 0 Å². The molecule has 7 rings (SSSR count). The smallest absolute Gasteiger partial charge is 0.306 e. The highest BCUT2D eigenvalue weighted by atomic mass is 32.2. The van der Waals surface area contributed by atoms with Crippen LogP contribution >= 0.6 is 0 Å². The minimum Gasteiger partial charge on any atom is -0.481 e. The highest BCUT2D eigenvalue weighted by Gasteiger charge is 2.41. The Morgan fingerprint density at radius 1 is 1.07 bits per heavy atom. The molecule has 3 N–H and O–H groups in total. The molecule has 2 aliphatic heterocycles. The summed E-state index contributed by atoms with van der Waals surface area (Å²) >= 11 is 0. The van der Waals surface area contributed by atoms with Crippen molar-refractivity contribution in [3.05, 3.63) is 46.4 Å². The number of aromatic nitrogens is 3. The van der Waals surface area contributed by atoms with Crippen LogP contribution < -0.4 is 10.9 Å². The molecule has 0 saturated heterocycles. The van der Waals surface area contributed by atoms with Crippen LogP contribution in [0.15, 0.2) is 45.1 Å². The molecule has 1 aromatic carbocycles. The number of carbonyl (C=O) groups is 1. The quantitative estimate of drug-likeness (QED) is 0.412. The summed E-state index contributed by atoms with van der Waals surface area (Å²) in [5.74, 6) is -0.427. The number of hydrogen-bond donors (Lipinski definition) is 3. The van der Waals surface area contributed by atoms with E-state index >= 15 is 0 Å². The molecule has 2 unspecified atom stereocenters. The molecule has 11 nitrogen and oxygen atoms in total. The number of fused-ring (bicyclic) bond motifs is 2. The molecule has 4 heterocycles. The van der Waals surface area contributed by atoms with E-state index in [1.54, 1.807) is 18.3 Å². The van der Waals surface area contributed by atoms with Crippen molar-refractivity contribution in [3.63, 3.8) is 0 Å². The van der Waals surface area contributed by atoms with Crippen LogP contribution in [-0.4, -0.2) is 56.9 Å². The maximum Gasteiger partial charge on any atom is 0.306 e. The van der Waals surface area contributed by atoms with Gasteiger partial charge in [-0.2, -0.15) is 9.40 Å². The van der Waals surface area contributed by atoms with E-state index in [1.165, 1.54) is 16.4 Å². The minimum atomic E-state index is -3.66. The Kier molecular flexibility index (Phi) is 6.08. The molecule has 40 heavy (non-hydrogen) atoms. The molecule has 0 radical (unpaired) electrons. The van der Waals surface area contributed by atoms with Gasteiger partial charge in [0.05, 0.1) is 28.9 Å². The molecule has 210 valence electrons. The lowest BCUT2D eigenvalue weighted by Crippen LogP contribution is -2.39. The first kappa shape index (κ1) is 25.5. The van der Waals surface area contributed by atoms with Crippen LogP contribution in [0.4, 0.5) is 11.5 Å². The van der Waals surface area contributed by atoms with Gasteiger partial charge in [-0.25, -0.2) is 8.42 Å². The lowest BCUT2D eigenvalue weighted by molar-refractivity contribution is -0.143. The summed E-state index contributed by atoms with van der Waals surface area (Å²) in [7, 11) is -3.66. The lowest BCUT2D eigenvalue weighted by Gasteiger charge is -2.32. The molecule has 0 spiro atoms. The average molecular weight is 565 g/mol. The zero-order valence-corrected chi connectivity index (χ0v) is 22.9. The monoisotopic (exact) mass is 564 g/mol. The number of H-pyrrole nitrogens is 1. The van der Waals surface area contributed by atoms with Crippen LogP contribution in [-0.2, 0) is 21.4 Å². The summed E-state index contributed by atoms with van der Waals surface area (Å²) in [6, 6.07) is 6.97. The fourth-order valence-electron chi connectivity index (χ4n) is 7.00. The van der Waals surface area contributed by atoms with Gasteiger partial charge in [-0.3, -0.25) is 19.3 Å². The summed E-state index contributed by atoms with van der Waals surface area (Å²) in [6.45, 7) is 1.07. The number of anilines is 2. The minimum absolute atomic E-state index is 0.143. The number of nitrogens with zero attached hydrogens (tertiary/aromatic N) is 4. The first-order chi connectivity index (χ1) is 19.3. The average Bonchev–Trinajstić information content (AvgIpc) is 3.68. The number of aliphatic carboxylic acids is 1. The number of aromatic amines is 1. The van der Waals surface area contributed by atoms with Gasteiger partial charge >= 0.3 is 5.97 Å². The van der Waals surface area contributed by atoms with E-state index in [0.29, 0.717) is 54.1 Å². The Bertz CT molecular complexity index is 1700. The number of benzene rings is 1. The van der Waals surface area contributed by atoms with Crippen molar-refractivity contribution < 1.29 is 18.3 Å². The Hall–Kier alpha value is -3.51. The van der Waals surface area contributed by atoms with Crippen LogP contribution in [0, 0.1) is 11.8 Å². The molecule has 12 heteroatoms. The van der Waals surface area contributed by atoms with Crippen LogP contribution in [0.2, 0.25) is 0 Å². The maximum absolute atomic E-state index is 13.4. The molecule has 2 fully saturated rings. The summed E-state index contributed by atoms with van der Waals surface area (Å²) in [5, 5.41) is 18.0. The van der Waals surface area contributed by atoms with Gasteiger partial charge in [0.25, 0.3) is 5.56 Å². The van der Waals surface area contributed by atoms with Gasteiger partial charge in [0, 0.05) is 36.1 Å². The highest BCUT2D eigenvalue weighted by molar-refractivity contribution is 7.89. The number of aliphatic imine (C=N–C) groups is 1. The Morgan fingerprint density at radius 3 is 2.60 bits per heavy atom. The lowest BCUT2D eigenvalue weighted by atomic mass is 9.83. The second-order valence-electron chi connectivity index (χ2n) is 11.5. The van der Waals surface area contributed by atoms with Crippen LogP contribution in [0.1, 0.15) is 63.0 Å². The summed E-state index contributed by atoms with van der Waals surface area (Å²) in [5.41, 5.74) is 3.13. The van der Waals surface area contributed by atoms with E-state index in [0.717, 1.165) is 31.3 Å². The topological polar surface area (TPSA) is 150 Å². The number of carboxylic acid groups (broad SMARTS) is 1. The standard InChI is InChI=1S/C28H32N6O5S/c35-27-25-23(11-12-29-27)34(22-4-2-1-3-20(22)21-14-30-21)32-26(25)31-18-7-10-24-17(13-18)15-33(40(24,38)39)19-8-5-16(6-9-19)28(36)37/h7,10-13,16,19-20,22H,1-6,8-9,14-15H2,(H,29,35)(H,31,32)(H,36,37). The number of nitrogens with one attached hydrogen (secondary N) is 2. The predicted molar refractivity (Wildman–Crippen MR) is 149 cm³/mol. The van der Waals surface area contributed by atoms with Gasteiger partial charge in [-0.05, 0) is 68.4 Å². The third kappa shape index (κ3) is 4.24. The van der Waals surface area contributed by atoms with Crippen LogP contribution in [0.5, 0.6) is 0 Å². The second kappa shape index (κ2) is 9.55. The fourth-order valence-corrected chi connectivity index (χ4v) is 8.86.